The minimum atomic E-state index is -3.68. The fourth-order valence-corrected chi connectivity index (χ4v) is 4.48. The van der Waals surface area contributed by atoms with Crippen molar-refractivity contribution < 1.29 is 17.9 Å². The van der Waals surface area contributed by atoms with Crippen molar-refractivity contribution in [1.82, 2.24) is 10.0 Å². The van der Waals surface area contributed by atoms with Crippen LogP contribution in [-0.2, 0) is 14.8 Å². The first-order valence-corrected chi connectivity index (χ1v) is 11.6. The average Bonchev–Trinajstić information content (AvgIpc) is 3.20. The second-order valence-corrected chi connectivity index (χ2v) is 9.04. The maximum absolute atomic E-state index is 12.8. The number of sulfonamides is 1. The van der Waals surface area contributed by atoms with Crippen LogP contribution in [0, 0.1) is 0 Å². The molecule has 0 spiro atoms. The van der Waals surface area contributed by atoms with E-state index in [-0.39, 0.29) is 16.9 Å². The monoisotopic (exact) mass is 411 g/mol. The van der Waals surface area contributed by atoms with Gasteiger partial charge in [0.2, 0.25) is 10.0 Å². The summed E-state index contributed by atoms with van der Waals surface area (Å²) in [6.45, 7) is 8.94. The summed E-state index contributed by atoms with van der Waals surface area (Å²) in [4.78, 5) is 14.7. The topological polar surface area (TPSA) is 87.7 Å². The molecule has 0 atom stereocenters. The number of amides is 1. The second-order valence-electron chi connectivity index (χ2n) is 7.30. The Balaban J connectivity index is 2.15. The Labute approximate surface area is 168 Å². The standard InChI is InChI=1S/C20H33N3O4S/c1-4-10-22-28(25,26)19-15-17(8-9-18(19)23-12-5-6-13-23)20(24)21-11-7-14-27-16(2)3/h8-9,15-16,22H,4-7,10-14H2,1-3H3,(H,21,24). The smallest absolute Gasteiger partial charge is 0.251 e. The average molecular weight is 412 g/mol. The number of nitrogens with zero attached hydrogens (tertiary/aromatic N) is 1. The predicted octanol–water partition coefficient (Wildman–Crippen LogP) is 2.52. The van der Waals surface area contributed by atoms with Crippen LogP contribution >= 0.6 is 0 Å². The molecule has 158 valence electrons. The van der Waals surface area contributed by atoms with E-state index in [4.69, 9.17) is 4.74 Å². The Morgan fingerprint density at radius 2 is 1.93 bits per heavy atom. The molecule has 0 radical (unpaired) electrons. The molecule has 1 aromatic rings. The molecule has 1 amide bonds. The molecule has 0 aromatic heterocycles. The van der Waals surface area contributed by atoms with Crippen LogP contribution < -0.4 is 14.9 Å². The number of hydrogen-bond acceptors (Lipinski definition) is 5. The number of carbonyl (C=O) groups is 1. The van der Waals surface area contributed by atoms with Crippen LogP contribution in [0.3, 0.4) is 0 Å². The molecule has 7 nitrogen and oxygen atoms in total. The van der Waals surface area contributed by atoms with Crippen molar-refractivity contribution in [2.24, 2.45) is 0 Å². The first-order valence-electron chi connectivity index (χ1n) is 10.1. The molecule has 1 saturated heterocycles. The first kappa shape index (κ1) is 22.6. The number of rotatable bonds is 11. The highest BCUT2D eigenvalue weighted by molar-refractivity contribution is 7.89. The lowest BCUT2D eigenvalue weighted by atomic mass is 10.2. The van der Waals surface area contributed by atoms with Crippen LogP contribution in [0.15, 0.2) is 23.1 Å². The maximum Gasteiger partial charge on any atom is 0.251 e. The summed E-state index contributed by atoms with van der Waals surface area (Å²) < 4.78 is 33.7. The molecule has 1 aliphatic rings. The van der Waals surface area contributed by atoms with Crippen molar-refractivity contribution in [2.75, 3.05) is 37.7 Å². The summed E-state index contributed by atoms with van der Waals surface area (Å²) in [7, 11) is -3.68. The van der Waals surface area contributed by atoms with Crippen molar-refractivity contribution in [3.05, 3.63) is 23.8 Å². The van der Waals surface area contributed by atoms with Crippen molar-refractivity contribution in [3.8, 4) is 0 Å². The Morgan fingerprint density at radius 1 is 1.21 bits per heavy atom. The van der Waals surface area contributed by atoms with Gasteiger partial charge in [0.1, 0.15) is 4.90 Å². The Hall–Kier alpha value is -1.64. The van der Waals surface area contributed by atoms with Crippen molar-refractivity contribution in [2.45, 2.75) is 57.5 Å². The number of ether oxygens (including phenoxy) is 1. The lowest BCUT2D eigenvalue weighted by molar-refractivity contribution is 0.0757. The van der Waals surface area contributed by atoms with Crippen molar-refractivity contribution in [1.29, 1.82) is 0 Å². The zero-order chi connectivity index (χ0) is 20.6. The molecule has 28 heavy (non-hydrogen) atoms. The first-order chi connectivity index (χ1) is 13.3. The van der Waals surface area contributed by atoms with E-state index in [1.165, 1.54) is 6.07 Å². The van der Waals surface area contributed by atoms with Gasteiger partial charge in [0.25, 0.3) is 5.91 Å². The van der Waals surface area contributed by atoms with Gasteiger partial charge in [-0.2, -0.15) is 0 Å². The van der Waals surface area contributed by atoms with E-state index in [0.29, 0.717) is 43.8 Å². The second kappa shape index (κ2) is 10.8. The number of carbonyl (C=O) groups excluding carboxylic acids is 1. The van der Waals surface area contributed by atoms with E-state index in [2.05, 4.69) is 14.9 Å². The number of benzene rings is 1. The minimum absolute atomic E-state index is 0.164. The summed E-state index contributed by atoms with van der Waals surface area (Å²) >= 11 is 0. The summed E-state index contributed by atoms with van der Waals surface area (Å²) in [6.07, 6.45) is 3.67. The Kier molecular flexibility index (Phi) is 8.72. The van der Waals surface area contributed by atoms with Gasteiger partial charge in [-0.25, -0.2) is 13.1 Å². The maximum atomic E-state index is 12.8. The highest BCUT2D eigenvalue weighted by Crippen LogP contribution is 2.29. The number of hydrogen-bond donors (Lipinski definition) is 2. The zero-order valence-corrected chi connectivity index (χ0v) is 18.0. The summed E-state index contributed by atoms with van der Waals surface area (Å²) in [5.41, 5.74) is 1.02. The van der Waals surface area contributed by atoms with Gasteiger partial charge in [-0.3, -0.25) is 4.79 Å². The quantitative estimate of drug-likeness (QED) is 0.546. The molecule has 1 fully saturated rings. The molecule has 0 saturated carbocycles. The van der Waals surface area contributed by atoms with Gasteiger partial charge in [-0.1, -0.05) is 6.92 Å². The fourth-order valence-electron chi connectivity index (χ4n) is 3.10. The molecule has 0 bridgehead atoms. The molecule has 8 heteroatoms. The van der Waals surface area contributed by atoms with Gasteiger partial charge < -0.3 is 15.0 Å². The van der Waals surface area contributed by atoms with E-state index in [9.17, 15) is 13.2 Å². The van der Waals surface area contributed by atoms with Crippen LogP contribution in [0.1, 0.15) is 56.8 Å². The molecule has 1 aromatic carbocycles. The SMILES string of the molecule is CCCNS(=O)(=O)c1cc(C(=O)NCCCOC(C)C)ccc1N1CCCC1. The molecule has 2 N–H and O–H groups in total. The van der Waals surface area contributed by atoms with Gasteiger partial charge in [0.15, 0.2) is 0 Å². The van der Waals surface area contributed by atoms with Crippen molar-refractivity contribution in [3.63, 3.8) is 0 Å². The van der Waals surface area contributed by atoms with Gasteiger partial charge in [-0.15, -0.1) is 0 Å². The predicted molar refractivity (Wildman–Crippen MR) is 111 cm³/mol. The summed E-state index contributed by atoms with van der Waals surface area (Å²) in [5.74, 6) is -0.274. The van der Waals surface area contributed by atoms with Gasteiger partial charge in [-0.05, 0) is 57.7 Å². The summed E-state index contributed by atoms with van der Waals surface area (Å²) in [6, 6.07) is 4.95. The normalized spacial score (nSPS) is 14.6. The van der Waals surface area contributed by atoms with Gasteiger partial charge >= 0.3 is 0 Å². The van der Waals surface area contributed by atoms with E-state index in [0.717, 1.165) is 25.9 Å². The highest BCUT2D eigenvalue weighted by atomic mass is 32.2. The fraction of sp³-hybridized carbons (Fsp3) is 0.650. The van der Waals surface area contributed by atoms with E-state index >= 15 is 0 Å². The number of anilines is 1. The minimum Gasteiger partial charge on any atom is -0.379 e. The Morgan fingerprint density at radius 3 is 2.57 bits per heavy atom. The third-order valence-electron chi connectivity index (χ3n) is 4.56. The van der Waals surface area contributed by atoms with Crippen molar-refractivity contribution >= 4 is 21.6 Å². The van der Waals surface area contributed by atoms with Crippen LogP contribution in [0.25, 0.3) is 0 Å². The van der Waals surface area contributed by atoms with Crippen LogP contribution in [-0.4, -0.2) is 53.2 Å². The van der Waals surface area contributed by atoms with Crippen LogP contribution in [0.2, 0.25) is 0 Å². The molecule has 0 aliphatic carbocycles. The highest BCUT2D eigenvalue weighted by Gasteiger charge is 2.25. The Bertz CT molecular complexity index is 744. The third-order valence-corrected chi connectivity index (χ3v) is 6.05. The zero-order valence-electron chi connectivity index (χ0n) is 17.2. The molecule has 1 aliphatic heterocycles. The number of nitrogens with one attached hydrogen (secondary N) is 2. The molecule has 0 unspecified atom stereocenters. The summed E-state index contributed by atoms with van der Waals surface area (Å²) in [5, 5.41) is 2.84. The molecular weight excluding hydrogens is 378 g/mol. The van der Waals surface area contributed by atoms with E-state index in [1.54, 1.807) is 12.1 Å². The van der Waals surface area contributed by atoms with Gasteiger partial charge in [0, 0.05) is 38.3 Å². The molecule has 2 rings (SSSR count). The third kappa shape index (κ3) is 6.46. The van der Waals surface area contributed by atoms with Crippen LogP contribution in [0.5, 0.6) is 0 Å². The molecule has 1 heterocycles. The lowest BCUT2D eigenvalue weighted by Gasteiger charge is -2.22. The van der Waals surface area contributed by atoms with Gasteiger partial charge in [0.05, 0.1) is 11.8 Å². The van der Waals surface area contributed by atoms with E-state index in [1.807, 2.05) is 20.8 Å². The molecular formula is C20H33N3O4S. The van der Waals surface area contributed by atoms with E-state index < -0.39 is 10.0 Å². The van der Waals surface area contributed by atoms with Crippen LogP contribution in [0.4, 0.5) is 5.69 Å². The largest absolute Gasteiger partial charge is 0.379 e. The lowest BCUT2D eigenvalue weighted by Crippen LogP contribution is -2.29.